The third-order valence-electron chi connectivity index (χ3n) is 2.50. The van der Waals surface area contributed by atoms with Gasteiger partial charge in [0.15, 0.2) is 5.12 Å². The Morgan fingerprint density at radius 2 is 1.88 bits per heavy atom. The standard InChI is InChI=1S/C12H20O3S/c1-8(13)16-7-9-5-10(6-9)11(14)15-12(2,3)4/h9-10H,5-7H2,1-4H3. The van der Waals surface area contributed by atoms with Gasteiger partial charge in [-0.3, -0.25) is 9.59 Å². The lowest BCUT2D eigenvalue weighted by Crippen LogP contribution is -2.37. The third kappa shape index (κ3) is 4.56. The maximum Gasteiger partial charge on any atom is 0.309 e. The molecule has 3 nitrogen and oxygen atoms in total. The summed E-state index contributed by atoms with van der Waals surface area (Å²) in [5, 5.41) is 0.153. The zero-order valence-electron chi connectivity index (χ0n) is 10.4. The molecule has 4 heteroatoms. The molecule has 1 rings (SSSR count). The summed E-state index contributed by atoms with van der Waals surface area (Å²) in [5.74, 6) is 1.31. The van der Waals surface area contributed by atoms with Gasteiger partial charge in [-0.2, -0.15) is 0 Å². The predicted molar refractivity (Wildman–Crippen MR) is 65.2 cm³/mol. The Hall–Kier alpha value is -0.510. The lowest BCUT2D eigenvalue weighted by atomic mass is 9.76. The van der Waals surface area contributed by atoms with Crippen LogP contribution in [0.2, 0.25) is 0 Å². The average molecular weight is 244 g/mol. The molecule has 1 aliphatic carbocycles. The van der Waals surface area contributed by atoms with E-state index in [4.69, 9.17) is 4.74 Å². The van der Waals surface area contributed by atoms with Gasteiger partial charge in [0, 0.05) is 12.7 Å². The highest BCUT2D eigenvalue weighted by atomic mass is 32.2. The molecule has 1 saturated carbocycles. The Morgan fingerprint density at radius 1 is 1.31 bits per heavy atom. The second-order valence-corrected chi connectivity index (χ2v) is 6.57. The minimum Gasteiger partial charge on any atom is -0.460 e. The second-order valence-electron chi connectivity index (χ2n) is 5.37. The third-order valence-corrected chi connectivity index (χ3v) is 3.54. The first-order valence-corrected chi connectivity index (χ1v) is 6.62. The molecule has 0 aliphatic heterocycles. The van der Waals surface area contributed by atoms with E-state index in [2.05, 4.69) is 0 Å². The summed E-state index contributed by atoms with van der Waals surface area (Å²) in [6.45, 7) is 7.22. The number of thioether (sulfide) groups is 1. The topological polar surface area (TPSA) is 43.4 Å². The van der Waals surface area contributed by atoms with Crippen LogP contribution in [0.3, 0.4) is 0 Å². The lowest BCUT2D eigenvalue weighted by molar-refractivity contribution is -0.164. The molecule has 0 amide bonds. The number of carbonyl (C=O) groups is 2. The van der Waals surface area contributed by atoms with Crippen molar-refractivity contribution in [1.82, 2.24) is 0 Å². The van der Waals surface area contributed by atoms with E-state index in [9.17, 15) is 9.59 Å². The van der Waals surface area contributed by atoms with Crippen molar-refractivity contribution >= 4 is 22.8 Å². The van der Waals surface area contributed by atoms with Gasteiger partial charge in [-0.05, 0) is 39.5 Å². The first-order valence-electron chi connectivity index (χ1n) is 5.64. The predicted octanol–water partition coefficient (Wildman–Crippen LogP) is 2.63. The van der Waals surface area contributed by atoms with Crippen molar-refractivity contribution in [2.45, 2.75) is 46.1 Å². The van der Waals surface area contributed by atoms with Gasteiger partial charge in [-0.1, -0.05) is 11.8 Å². The molecule has 0 saturated heterocycles. The van der Waals surface area contributed by atoms with Gasteiger partial charge in [-0.15, -0.1) is 0 Å². The second kappa shape index (κ2) is 5.21. The van der Waals surface area contributed by atoms with Crippen LogP contribution in [0.1, 0.15) is 40.5 Å². The molecule has 1 aliphatic rings. The smallest absolute Gasteiger partial charge is 0.309 e. The number of carbonyl (C=O) groups excluding carboxylic acids is 2. The van der Waals surface area contributed by atoms with E-state index < -0.39 is 5.60 Å². The Labute approximate surface area is 101 Å². The highest BCUT2D eigenvalue weighted by molar-refractivity contribution is 8.13. The molecule has 0 aromatic rings. The van der Waals surface area contributed by atoms with Crippen LogP contribution in [-0.4, -0.2) is 22.4 Å². The van der Waals surface area contributed by atoms with Crippen molar-refractivity contribution in [2.75, 3.05) is 5.75 Å². The van der Waals surface area contributed by atoms with Crippen LogP contribution in [-0.2, 0) is 14.3 Å². The van der Waals surface area contributed by atoms with Crippen LogP contribution in [0.25, 0.3) is 0 Å². The van der Waals surface area contributed by atoms with Gasteiger partial charge in [0.1, 0.15) is 5.60 Å². The highest BCUT2D eigenvalue weighted by Crippen LogP contribution is 2.37. The van der Waals surface area contributed by atoms with Crippen LogP contribution in [0.4, 0.5) is 0 Å². The number of ether oxygens (including phenoxy) is 1. The van der Waals surface area contributed by atoms with Crippen molar-refractivity contribution in [3.63, 3.8) is 0 Å². The van der Waals surface area contributed by atoms with E-state index in [0.717, 1.165) is 18.6 Å². The molecule has 0 unspecified atom stereocenters. The molecule has 0 heterocycles. The molecule has 0 aromatic carbocycles. The molecule has 0 aromatic heterocycles. The quantitative estimate of drug-likeness (QED) is 0.716. The SMILES string of the molecule is CC(=O)SCC1CC(C(=O)OC(C)(C)C)C1. The van der Waals surface area contributed by atoms with E-state index in [0.29, 0.717) is 5.92 Å². The maximum atomic E-state index is 11.6. The normalized spacial score (nSPS) is 24.8. The van der Waals surface area contributed by atoms with Crippen LogP contribution in [0, 0.1) is 11.8 Å². The molecule has 1 fully saturated rings. The fraction of sp³-hybridized carbons (Fsp3) is 0.833. The van der Waals surface area contributed by atoms with Gasteiger partial charge in [0.05, 0.1) is 5.92 Å². The van der Waals surface area contributed by atoms with Crippen LogP contribution in [0.5, 0.6) is 0 Å². The summed E-state index contributed by atoms with van der Waals surface area (Å²) in [7, 11) is 0. The van der Waals surface area contributed by atoms with Crippen LogP contribution < -0.4 is 0 Å². The highest BCUT2D eigenvalue weighted by Gasteiger charge is 2.37. The van der Waals surface area contributed by atoms with Crippen molar-refractivity contribution < 1.29 is 14.3 Å². The van der Waals surface area contributed by atoms with Crippen LogP contribution in [0.15, 0.2) is 0 Å². The zero-order chi connectivity index (χ0) is 12.3. The molecule has 0 atom stereocenters. The number of hydrogen-bond acceptors (Lipinski definition) is 4. The van der Waals surface area contributed by atoms with E-state index in [-0.39, 0.29) is 17.0 Å². The number of rotatable bonds is 3. The molecular formula is C12H20O3S. The number of hydrogen-bond donors (Lipinski definition) is 0. The lowest BCUT2D eigenvalue weighted by Gasteiger charge is -2.35. The Kier molecular flexibility index (Phi) is 4.42. The monoisotopic (exact) mass is 244 g/mol. The Bertz CT molecular complexity index is 274. The van der Waals surface area contributed by atoms with Gasteiger partial charge in [0.25, 0.3) is 0 Å². The van der Waals surface area contributed by atoms with Crippen molar-refractivity contribution in [2.24, 2.45) is 11.8 Å². The summed E-state index contributed by atoms with van der Waals surface area (Å²) in [6, 6.07) is 0. The number of esters is 1. The van der Waals surface area contributed by atoms with E-state index in [1.165, 1.54) is 11.8 Å². The van der Waals surface area contributed by atoms with Gasteiger partial charge >= 0.3 is 5.97 Å². The summed E-state index contributed by atoms with van der Waals surface area (Å²) >= 11 is 1.35. The summed E-state index contributed by atoms with van der Waals surface area (Å²) < 4.78 is 5.30. The first kappa shape index (κ1) is 13.6. The minimum absolute atomic E-state index is 0.0526. The maximum absolute atomic E-state index is 11.6. The van der Waals surface area contributed by atoms with Crippen molar-refractivity contribution in [1.29, 1.82) is 0 Å². The fourth-order valence-corrected chi connectivity index (χ4v) is 2.43. The zero-order valence-corrected chi connectivity index (χ0v) is 11.2. The Balaban J connectivity index is 2.20. The molecule has 0 N–H and O–H groups in total. The molecule has 92 valence electrons. The molecular weight excluding hydrogens is 224 g/mol. The summed E-state index contributed by atoms with van der Waals surface area (Å²) in [5.41, 5.74) is -0.393. The first-order chi connectivity index (χ1) is 7.28. The van der Waals surface area contributed by atoms with Crippen LogP contribution >= 0.6 is 11.8 Å². The molecule has 0 radical (unpaired) electrons. The van der Waals surface area contributed by atoms with Gasteiger partial charge in [0.2, 0.25) is 0 Å². The van der Waals surface area contributed by atoms with Crippen molar-refractivity contribution in [3.8, 4) is 0 Å². The van der Waals surface area contributed by atoms with Crippen molar-refractivity contribution in [3.05, 3.63) is 0 Å². The largest absolute Gasteiger partial charge is 0.460 e. The fourth-order valence-electron chi connectivity index (χ4n) is 1.68. The van der Waals surface area contributed by atoms with E-state index in [1.807, 2.05) is 20.8 Å². The molecule has 16 heavy (non-hydrogen) atoms. The summed E-state index contributed by atoms with van der Waals surface area (Å²) in [6.07, 6.45) is 1.74. The summed E-state index contributed by atoms with van der Waals surface area (Å²) in [4.78, 5) is 22.4. The van der Waals surface area contributed by atoms with Gasteiger partial charge < -0.3 is 4.74 Å². The Morgan fingerprint density at radius 3 is 2.31 bits per heavy atom. The molecule has 0 bridgehead atoms. The van der Waals surface area contributed by atoms with E-state index >= 15 is 0 Å². The van der Waals surface area contributed by atoms with E-state index in [1.54, 1.807) is 6.92 Å². The average Bonchev–Trinajstić information content (AvgIpc) is 1.96. The molecule has 0 spiro atoms. The minimum atomic E-state index is -0.393. The van der Waals surface area contributed by atoms with Gasteiger partial charge in [-0.25, -0.2) is 0 Å².